The molecule has 0 saturated carbocycles. The molecule has 25 heavy (non-hydrogen) atoms. The van der Waals surface area contributed by atoms with Gasteiger partial charge in [0.25, 0.3) is 0 Å². The second-order valence-electron chi connectivity index (χ2n) is 6.03. The number of nitrogens with zero attached hydrogens (tertiary/aromatic N) is 1. The van der Waals surface area contributed by atoms with Gasteiger partial charge in [-0.1, -0.05) is 30.3 Å². The van der Waals surface area contributed by atoms with E-state index in [9.17, 15) is 21.6 Å². The average molecular weight is 389 g/mol. The Bertz CT molecular complexity index is 781. The lowest BCUT2D eigenvalue weighted by atomic mass is 10.2. The van der Waals surface area contributed by atoms with Crippen molar-refractivity contribution in [3.05, 3.63) is 35.9 Å². The van der Waals surface area contributed by atoms with Crippen LogP contribution in [0.3, 0.4) is 0 Å². The third-order valence-electron chi connectivity index (χ3n) is 4.34. The fourth-order valence-corrected chi connectivity index (χ4v) is 5.96. The molecule has 140 valence electrons. The van der Waals surface area contributed by atoms with Gasteiger partial charge in [0.05, 0.1) is 18.1 Å². The summed E-state index contributed by atoms with van der Waals surface area (Å²) in [5.41, 5.74) is 0.946. The smallest absolute Gasteiger partial charge is 0.320 e. The molecule has 0 bridgehead atoms. The molecule has 1 fully saturated rings. The van der Waals surface area contributed by atoms with E-state index >= 15 is 0 Å². The largest absolute Gasteiger partial charge is 0.468 e. The Hall–Kier alpha value is -1.45. The van der Waals surface area contributed by atoms with E-state index in [1.165, 1.54) is 4.31 Å². The molecule has 1 aliphatic rings. The monoisotopic (exact) mass is 389 g/mol. The van der Waals surface area contributed by atoms with E-state index in [2.05, 4.69) is 4.74 Å². The molecule has 7 nitrogen and oxygen atoms in total. The van der Waals surface area contributed by atoms with E-state index < -0.39 is 36.8 Å². The molecule has 1 aliphatic heterocycles. The number of methoxy groups -OCH3 is 1. The number of rotatable bonds is 7. The van der Waals surface area contributed by atoms with Gasteiger partial charge in [-0.2, -0.15) is 0 Å². The number of carbonyl (C=O) groups is 1. The number of esters is 1. The molecule has 0 N–H and O–H groups in total. The van der Waals surface area contributed by atoms with Crippen molar-refractivity contribution in [2.24, 2.45) is 0 Å². The minimum atomic E-state index is -3.61. The van der Waals surface area contributed by atoms with E-state index in [0.717, 1.165) is 12.7 Å². The summed E-state index contributed by atoms with van der Waals surface area (Å²) in [7, 11) is -5.91. The first-order valence-corrected chi connectivity index (χ1v) is 11.4. The zero-order valence-electron chi connectivity index (χ0n) is 14.1. The van der Waals surface area contributed by atoms with E-state index in [-0.39, 0.29) is 31.7 Å². The number of hydrogen-bond acceptors (Lipinski definition) is 6. The predicted octanol–water partition coefficient (Wildman–Crippen LogP) is 0.611. The molecule has 0 unspecified atom stereocenters. The highest BCUT2D eigenvalue weighted by molar-refractivity contribution is 7.92. The fourth-order valence-electron chi connectivity index (χ4n) is 2.83. The molecule has 1 aromatic rings. The molecular formula is C16H23NO6S2. The summed E-state index contributed by atoms with van der Waals surface area (Å²) in [5, 5.41) is -0.702. The third-order valence-corrected chi connectivity index (χ3v) is 8.34. The SMILES string of the molecule is COC(=O)CS(=O)(=O)C1CCN(S(=O)(=O)CCc2ccccc2)CC1. The molecule has 0 amide bonds. The maximum absolute atomic E-state index is 12.4. The Morgan fingerprint density at radius 2 is 1.72 bits per heavy atom. The van der Waals surface area contributed by atoms with Gasteiger partial charge in [0.2, 0.25) is 10.0 Å². The number of piperidine rings is 1. The first-order chi connectivity index (χ1) is 11.7. The molecule has 9 heteroatoms. The highest BCUT2D eigenvalue weighted by Crippen LogP contribution is 2.21. The third kappa shape index (κ3) is 5.52. The van der Waals surface area contributed by atoms with Crippen LogP contribution in [0, 0.1) is 0 Å². The summed E-state index contributed by atoms with van der Waals surface area (Å²) in [5.74, 6) is -1.45. The van der Waals surface area contributed by atoms with Crippen LogP contribution in [0.5, 0.6) is 0 Å². The van der Waals surface area contributed by atoms with E-state index in [1.54, 1.807) is 0 Å². The molecule has 2 rings (SSSR count). The minimum absolute atomic E-state index is 0.00338. The van der Waals surface area contributed by atoms with Crippen molar-refractivity contribution in [3.8, 4) is 0 Å². The van der Waals surface area contributed by atoms with Crippen molar-refractivity contribution >= 4 is 25.8 Å². The van der Waals surface area contributed by atoms with E-state index in [1.807, 2.05) is 30.3 Å². The molecule has 0 radical (unpaired) electrons. The van der Waals surface area contributed by atoms with Gasteiger partial charge < -0.3 is 4.74 Å². The van der Waals surface area contributed by atoms with Crippen LogP contribution in [0.15, 0.2) is 30.3 Å². The van der Waals surface area contributed by atoms with Gasteiger partial charge in [-0.15, -0.1) is 0 Å². The molecule has 1 saturated heterocycles. The Morgan fingerprint density at radius 3 is 2.28 bits per heavy atom. The van der Waals surface area contributed by atoms with Crippen molar-refractivity contribution in [3.63, 3.8) is 0 Å². The topological polar surface area (TPSA) is 97.8 Å². The van der Waals surface area contributed by atoms with Crippen molar-refractivity contribution in [1.82, 2.24) is 4.31 Å². The van der Waals surface area contributed by atoms with Gasteiger partial charge in [-0.25, -0.2) is 21.1 Å². The molecular weight excluding hydrogens is 366 g/mol. The van der Waals surface area contributed by atoms with Crippen LogP contribution in [0.2, 0.25) is 0 Å². The number of ether oxygens (including phenoxy) is 1. The number of aryl methyl sites for hydroxylation is 1. The maximum atomic E-state index is 12.4. The van der Waals surface area contributed by atoms with Gasteiger partial charge in [-0.05, 0) is 24.8 Å². The Labute approximate surface area is 148 Å². The zero-order chi connectivity index (χ0) is 18.5. The number of benzene rings is 1. The number of carbonyl (C=O) groups excluding carboxylic acids is 1. The van der Waals surface area contributed by atoms with Gasteiger partial charge in [0.15, 0.2) is 9.84 Å². The minimum Gasteiger partial charge on any atom is -0.468 e. The lowest BCUT2D eigenvalue weighted by molar-refractivity contribution is -0.137. The van der Waals surface area contributed by atoms with Crippen molar-refractivity contribution in [2.45, 2.75) is 24.5 Å². The van der Waals surface area contributed by atoms with Crippen LogP contribution in [0.1, 0.15) is 18.4 Å². The van der Waals surface area contributed by atoms with Gasteiger partial charge in [-0.3, -0.25) is 4.79 Å². The van der Waals surface area contributed by atoms with Crippen molar-refractivity contribution in [1.29, 1.82) is 0 Å². The van der Waals surface area contributed by atoms with E-state index in [0.29, 0.717) is 6.42 Å². The zero-order valence-corrected chi connectivity index (χ0v) is 15.8. The normalized spacial score (nSPS) is 17.3. The second kappa shape index (κ2) is 8.29. The van der Waals surface area contributed by atoms with Crippen molar-refractivity contribution < 1.29 is 26.4 Å². The summed E-state index contributed by atoms with van der Waals surface area (Å²) in [4.78, 5) is 11.2. The lowest BCUT2D eigenvalue weighted by Gasteiger charge is -2.30. The number of hydrogen-bond donors (Lipinski definition) is 0. The molecule has 0 spiro atoms. The van der Waals surface area contributed by atoms with Gasteiger partial charge in [0, 0.05) is 13.1 Å². The average Bonchev–Trinajstić information content (AvgIpc) is 2.60. The Balaban J connectivity index is 1.91. The van der Waals surface area contributed by atoms with Crippen LogP contribution in [-0.4, -0.2) is 64.1 Å². The van der Waals surface area contributed by atoms with Crippen LogP contribution in [0.25, 0.3) is 0 Å². The standard InChI is InChI=1S/C16H23NO6S2/c1-23-16(18)13-24(19,20)15-7-10-17(11-8-15)25(21,22)12-9-14-5-3-2-4-6-14/h2-6,15H,7-13H2,1H3. The summed E-state index contributed by atoms with van der Waals surface area (Å²) >= 11 is 0. The van der Waals surface area contributed by atoms with Crippen LogP contribution < -0.4 is 0 Å². The van der Waals surface area contributed by atoms with Crippen LogP contribution in [0.4, 0.5) is 0 Å². The molecule has 0 aromatic heterocycles. The summed E-state index contributed by atoms with van der Waals surface area (Å²) in [6.07, 6.45) is 0.817. The Kier molecular flexibility index (Phi) is 6.59. The van der Waals surface area contributed by atoms with Crippen molar-refractivity contribution in [2.75, 3.05) is 31.7 Å². The second-order valence-corrected chi connectivity index (χ2v) is 10.4. The number of sulfonamides is 1. The van der Waals surface area contributed by atoms with Crippen LogP contribution in [-0.2, 0) is 35.8 Å². The first-order valence-electron chi connectivity index (χ1n) is 8.05. The highest BCUT2D eigenvalue weighted by atomic mass is 32.2. The molecule has 0 atom stereocenters. The number of sulfone groups is 1. The predicted molar refractivity (Wildman–Crippen MR) is 94.3 cm³/mol. The molecule has 1 heterocycles. The maximum Gasteiger partial charge on any atom is 0.320 e. The summed E-state index contributed by atoms with van der Waals surface area (Å²) < 4.78 is 54.9. The highest BCUT2D eigenvalue weighted by Gasteiger charge is 2.35. The molecule has 0 aliphatic carbocycles. The fraction of sp³-hybridized carbons (Fsp3) is 0.562. The quantitative estimate of drug-likeness (QED) is 0.634. The van der Waals surface area contributed by atoms with Crippen LogP contribution >= 0.6 is 0 Å². The first kappa shape index (κ1) is 19.9. The molecule has 1 aromatic carbocycles. The van der Waals surface area contributed by atoms with Gasteiger partial charge >= 0.3 is 5.97 Å². The summed E-state index contributed by atoms with van der Waals surface area (Å²) in [6.45, 7) is 0.310. The Morgan fingerprint density at radius 1 is 1.12 bits per heavy atom. The summed E-state index contributed by atoms with van der Waals surface area (Å²) in [6, 6.07) is 9.35. The van der Waals surface area contributed by atoms with Gasteiger partial charge in [0.1, 0.15) is 5.75 Å². The lowest BCUT2D eigenvalue weighted by Crippen LogP contribution is -2.44. The van der Waals surface area contributed by atoms with E-state index in [4.69, 9.17) is 0 Å².